The van der Waals surface area contributed by atoms with Crippen molar-refractivity contribution in [2.45, 2.75) is 37.4 Å². The van der Waals surface area contributed by atoms with Crippen LogP contribution in [0.2, 0.25) is 0 Å². The maximum atomic E-state index is 12.2. The summed E-state index contributed by atoms with van der Waals surface area (Å²) in [6.45, 7) is 2.87. The van der Waals surface area contributed by atoms with Crippen molar-refractivity contribution in [2.24, 2.45) is 0 Å². The SMILES string of the molecule is CCn1c(SCC(=O)Nc2ccc3[nH]c(=O)[nH]c3c2)nnc1C1CC1. The van der Waals surface area contributed by atoms with Crippen molar-refractivity contribution in [3.63, 3.8) is 0 Å². The molecule has 3 N–H and O–H groups in total. The van der Waals surface area contributed by atoms with E-state index in [0.29, 0.717) is 22.6 Å². The van der Waals surface area contributed by atoms with E-state index in [1.807, 2.05) is 0 Å². The zero-order valence-corrected chi connectivity index (χ0v) is 14.5. The highest BCUT2D eigenvalue weighted by Crippen LogP contribution is 2.39. The van der Waals surface area contributed by atoms with E-state index in [2.05, 4.69) is 37.0 Å². The minimum atomic E-state index is -0.264. The molecule has 0 bridgehead atoms. The Morgan fingerprint density at radius 3 is 2.88 bits per heavy atom. The number of carbonyl (C=O) groups excluding carboxylic acids is 1. The zero-order chi connectivity index (χ0) is 17.4. The number of rotatable bonds is 6. The van der Waals surface area contributed by atoms with Crippen molar-refractivity contribution in [3.05, 3.63) is 34.5 Å². The summed E-state index contributed by atoms with van der Waals surface area (Å²) in [7, 11) is 0. The van der Waals surface area contributed by atoms with Crippen LogP contribution in [-0.4, -0.2) is 36.4 Å². The number of H-pyrrole nitrogens is 2. The Bertz CT molecular complexity index is 984. The van der Waals surface area contributed by atoms with E-state index in [9.17, 15) is 9.59 Å². The highest BCUT2D eigenvalue weighted by atomic mass is 32.2. The largest absolute Gasteiger partial charge is 0.325 e. The predicted octanol–water partition coefficient (Wildman–Crippen LogP) is 2.08. The van der Waals surface area contributed by atoms with Gasteiger partial charge >= 0.3 is 5.69 Å². The minimum absolute atomic E-state index is 0.124. The first kappa shape index (κ1) is 15.9. The number of aromatic amines is 2. The number of nitrogens with one attached hydrogen (secondary N) is 3. The lowest BCUT2D eigenvalue weighted by molar-refractivity contribution is -0.113. The number of hydrogen-bond donors (Lipinski definition) is 3. The van der Waals surface area contributed by atoms with E-state index in [0.717, 1.165) is 17.5 Å². The minimum Gasteiger partial charge on any atom is -0.325 e. The molecule has 3 aromatic rings. The molecule has 0 atom stereocenters. The van der Waals surface area contributed by atoms with Crippen molar-refractivity contribution in [2.75, 3.05) is 11.1 Å². The van der Waals surface area contributed by atoms with E-state index in [-0.39, 0.29) is 17.3 Å². The average molecular weight is 358 g/mol. The molecule has 1 aromatic carbocycles. The summed E-state index contributed by atoms with van der Waals surface area (Å²) >= 11 is 1.39. The van der Waals surface area contributed by atoms with Crippen molar-refractivity contribution in [1.29, 1.82) is 0 Å². The molecule has 4 rings (SSSR count). The van der Waals surface area contributed by atoms with Crippen molar-refractivity contribution in [3.8, 4) is 0 Å². The van der Waals surface area contributed by atoms with Crippen molar-refractivity contribution >= 4 is 34.4 Å². The smallest absolute Gasteiger partial charge is 0.323 e. The maximum absolute atomic E-state index is 12.2. The van der Waals surface area contributed by atoms with Gasteiger partial charge in [0.15, 0.2) is 5.16 Å². The monoisotopic (exact) mass is 358 g/mol. The van der Waals surface area contributed by atoms with Crippen LogP contribution in [0.5, 0.6) is 0 Å². The molecule has 1 aliphatic rings. The normalized spacial score (nSPS) is 14.1. The second-order valence-corrected chi connectivity index (χ2v) is 6.98. The topological polar surface area (TPSA) is 108 Å². The lowest BCUT2D eigenvalue weighted by Crippen LogP contribution is -2.14. The van der Waals surface area contributed by atoms with E-state index in [1.165, 1.54) is 24.6 Å². The first-order chi connectivity index (χ1) is 12.1. The quantitative estimate of drug-likeness (QED) is 0.585. The average Bonchev–Trinajstić information content (AvgIpc) is 3.24. The maximum Gasteiger partial charge on any atom is 0.323 e. The van der Waals surface area contributed by atoms with E-state index in [4.69, 9.17) is 0 Å². The fraction of sp³-hybridized carbons (Fsp3) is 0.375. The third kappa shape index (κ3) is 3.32. The predicted molar refractivity (Wildman–Crippen MR) is 95.9 cm³/mol. The summed E-state index contributed by atoms with van der Waals surface area (Å²) in [6.07, 6.45) is 2.35. The molecule has 0 saturated heterocycles. The Balaban J connectivity index is 1.40. The van der Waals surface area contributed by atoms with Gasteiger partial charge in [0, 0.05) is 18.2 Å². The summed E-state index contributed by atoms with van der Waals surface area (Å²) in [5, 5.41) is 12.1. The van der Waals surface area contributed by atoms with Crippen LogP contribution in [0.4, 0.5) is 5.69 Å². The molecular formula is C16H18N6O2S. The van der Waals surface area contributed by atoms with Gasteiger partial charge in [-0.05, 0) is 38.0 Å². The van der Waals surface area contributed by atoms with Gasteiger partial charge < -0.3 is 19.9 Å². The summed E-state index contributed by atoms with van der Waals surface area (Å²) in [5.41, 5.74) is 1.75. The number of aromatic nitrogens is 5. The van der Waals surface area contributed by atoms with Gasteiger partial charge in [0.2, 0.25) is 5.91 Å². The molecule has 1 saturated carbocycles. The third-order valence-corrected chi connectivity index (χ3v) is 5.10. The van der Waals surface area contributed by atoms with Gasteiger partial charge in [0.25, 0.3) is 0 Å². The molecule has 9 heteroatoms. The molecule has 1 fully saturated rings. The summed E-state index contributed by atoms with van der Waals surface area (Å²) in [4.78, 5) is 28.8. The molecule has 130 valence electrons. The third-order valence-electron chi connectivity index (χ3n) is 4.14. The standard InChI is InChI=1S/C16H18N6O2S/c1-2-22-14(9-3-4-9)20-21-16(22)25-8-13(23)17-10-5-6-11-12(7-10)19-15(24)18-11/h5-7,9H,2-4,8H2,1H3,(H,17,23)(H2,18,19,24). The fourth-order valence-corrected chi connectivity index (χ4v) is 3.59. The molecule has 0 radical (unpaired) electrons. The van der Waals surface area contributed by atoms with Crippen LogP contribution in [0.25, 0.3) is 11.0 Å². The number of amides is 1. The number of thioether (sulfide) groups is 1. The summed E-state index contributed by atoms with van der Waals surface area (Å²) in [5.74, 6) is 1.70. The van der Waals surface area contributed by atoms with Gasteiger partial charge in [-0.2, -0.15) is 0 Å². The van der Waals surface area contributed by atoms with Gasteiger partial charge in [-0.25, -0.2) is 4.79 Å². The van der Waals surface area contributed by atoms with Crippen molar-refractivity contribution in [1.82, 2.24) is 24.7 Å². The Morgan fingerprint density at radius 2 is 2.12 bits per heavy atom. The molecule has 2 heterocycles. The van der Waals surface area contributed by atoms with Crippen LogP contribution < -0.4 is 11.0 Å². The molecule has 8 nitrogen and oxygen atoms in total. The van der Waals surface area contributed by atoms with Gasteiger partial charge in [-0.15, -0.1) is 10.2 Å². The number of hydrogen-bond acceptors (Lipinski definition) is 5. The number of nitrogens with zero attached hydrogens (tertiary/aromatic N) is 3. The Labute approximate surface area is 147 Å². The highest BCUT2D eigenvalue weighted by Gasteiger charge is 2.30. The first-order valence-corrected chi connectivity index (χ1v) is 9.20. The number of anilines is 1. The molecule has 0 aliphatic heterocycles. The van der Waals surface area contributed by atoms with E-state index >= 15 is 0 Å². The van der Waals surface area contributed by atoms with E-state index in [1.54, 1.807) is 18.2 Å². The van der Waals surface area contributed by atoms with E-state index < -0.39 is 0 Å². The van der Waals surface area contributed by atoms with Crippen LogP contribution >= 0.6 is 11.8 Å². The zero-order valence-electron chi connectivity index (χ0n) is 13.7. The number of carbonyl (C=O) groups is 1. The van der Waals surface area contributed by atoms with Crippen molar-refractivity contribution < 1.29 is 4.79 Å². The van der Waals surface area contributed by atoms with Gasteiger partial charge in [-0.1, -0.05) is 11.8 Å². The Hall–Kier alpha value is -2.55. The van der Waals surface area contributed by atoms with Crippen LogP contribution in [0.1, 0.15) is 31.5 Å². The number of imidazole rings is 1. The van der Waals surface area contributed by atoms with Gasteiger partial charge in [-0.3, -0.25) is 4.79 Å². The molecule has 1 amide bonds. The van der Waals surface area contributed by atoms with Crippen LogP contribution in [0.3, 0.4) is 0 Å². The summed E-state index contributed by atoms with van der Waals surface area (Å²) in [6, 6.07) is 5.25. The molecule has 0 unspecified atom stereocenters. The first-order valence-electron chi connectivity index (χ1n) is 8.22. The Kier molecular flexibility index (Phi) is 4.08. The lowest BCUT2D eigenvalue weighted by Gasteiger charge is -2.07. The number of fused-ring (bicyclic) bond motifs is 1. The van der Waals surface area contributed by atoms with Gasteiger partial charge in [0.1, 0.15) is 5.82 Å². The van der Waals surface area contributed by atoms with Crippen LogP contribution in [-0.2, 0) is 11.3 Å². The highest BCUT2D eigenvalue weighted by molar-refractivity contribution is 7.99. The number of benzene rings is 1. The molecule has 2 aromatic heterocycles. The fourth-order valence-electron chi connectivity index (χ4n) is 2.79. The molecule has 1 aliphatic carbocycles. The molecular weight excluding hydrogens is 340 g/mol. The Morgan fingerprint density at radius 1 is 1.32 bits per heavy atom. The second-order valence-electron chi connectivity index (χ2n) is 6.04. The van der Waals surface area contributed by atoms with Gasteiger partial charge in [0.05, 0.1) is 16.8 Å². The second kappa shape index (κ2) is 6.40. The van der Waals surface area contributed by atoms with Crippen LogP contribution in [0.15, 0.2) is 28.2 Å². The molecule has 25 heavy (non-hydrogen) atoms. The lowest BCUT2D eigenvalue weighted by atomic mass is 10.3. The summed E-state index contributed by atoms with van der Waals surface area (Å²) < 4.78 is 2.09. The van der Waals surface area contributed by atoms with Crippen LogP contribution in [0, 0.1) is 0 Å². The molecule has 0 spiro atoms.